The van der Waals surface area contributed by atoms with Gasteiger partial charge in [-0.25, -0.2) is 0 Å². The summed E-state index contributed by atoms with van der Waals surface area (Å²) in [6.45, 7) is 3.42. The number of anilines is 2. The van der Waals surface area contributed by atoms with E-state index in [4.69, 9.17) is 4.52 Å². The average molecular weight is 273 g/mol. The van der Waals surface area contributed by atoms with E-state index < -0.39 is 0 Å². The van der Waals surface area contributed by atoms with Crippen molar-refractivity contribution in [3.8, 4) is 0 Å². The van der Waals surface area contributed by atoms with Crippen LogP contribution in [0.2, 0.25) is 0 Å². The van der Waals surface area contributed by atoms with Gasteiger partial charge in [0, 0.05) is 19.2 Å². The Morgan fingerprint density at radius 1 is 1.25 bits per heavy atom. The molecule has 0 aliphatic carbocycles. The van der Waals surface area contributed by atoms with Crippen LogP contribution in [0.3, 0.4) is 0 Å². The van der Waals surface area contributed by atoms with Gasteiger partial charge in [0.15, 0.2) is 17.3 Å². The number of aromatic nitrogens is 3. The third-order valence-electron chi connectivity index (χ3n) is 3.16. The third-order valence-corrected chi connectivity index (χ3v) is 3.16. The zero-order valence-corrected chi connectivity index (χ0v) is 11.2. The number of nitrogens with zero attached hydrogens (tertiary/aromatic N) is 4. The number of rotatable bonds is 3. The molecule has 1 saturated heterocycles. The first-order valence-corrected chi connectivity index (χ1v) is 6.56. The highest BCUT2D eigenvalue weighted by Gasteiger charge is 2.20. The van der Waals surface area contributed by atoms with E-state index in [1.54, 1.807) is 23.1 Å². The Morgan fingerprint density at radius 2 is 2.05 bits per heavy atom. The van der Waals surface area contributed by atoms with Crippen molar-refractivity contribution in [2.24, 2.45) is 0 Å². The van der Waals surface area contributed by atoms with Crippen LogP contribution in [0.25, 0.3) is 0 Å². The van der Waals surface area contributed by atoms with Gasteiger partial charge in [-0.2, -0.15) is 0 Å². The van der Waals surface area contributed by atoms with Crippen LogP contribution >= 0.6 is 0 Å². The number of nitrogens with one attached hydrogen (secondary N) is 1. The van der Waals surface area contributed by atoms with E-state index in [0.717, 1.165) is 25.9 Å². The Labute approximate surface area is 116 Å². The quantitative estimate of drug-likeness (QED) is 0.917. The zero-order valence-electron chi connectivity index (χ0n) is 11.2. The first-order valence-electron chi connectivity index (χ1n) is 6.56. The fourth-order valence-electron chi connectivity index (χ4n) is 2.15. The summed E-state index contributed by atoms with van der Waals surface area (Å²) in [5.41, 5.74) is 0.369. The molecule has 104 valence electrons. The summed E-state index contributed by atoms with van der Waals surface area (Å²) >= 11 is 0. The molecule has 0 bridgehead atoms. The smallest absolute Gasteiger partial charge is 0.274 e. The molecule has 1 aliphatic rings. The largest absolute Gasteiger partial charge is 0.360 e. The van der Waals surface area contributed by atoms with Gasteiger partial charge < -0.3 is 14.7 Å². The fourth-order valence-corrected chi connectivity index (χ4v) is 2.15. The van der Waals surface area contributed by atoms with Gasteiger partial charge in [0.2, 0.25) is 0 Å². The highest BCUT2D eigenvalue weighted by molar-refractivity contribution is 5.92. The molecule has 0 atom stereocenters. The lowest BCUT2D eigenvalue weighted by Crippen LogP contribution is -2.28. The van der Waals surface area contributed by atoms with Gasteiger partial charge in [-0.05, 0) is 31.9 Å². The minimum atomic E-state index is -0.0566. The molecule has 1 aliphatic heterocycles. The van der Waals surface area contributed by atoms with Crippen molar-refractivity contribution in [1.29, 1.82) is 0 Å². The summed E-state index contributed by atoms with van der Waals surface area (Å²) in [6, 6.07) is 5.13. The number of carbonyl (C=O) groups is 1. The van der Waals surface area contributed by atoms with E-state index in [0.29, 0.717) is 23.1 Å². The molecule has 0 unspecified atom stereocenters. The zero-order chi connectivity index (χ0) is 13.9. The van der Waals surface area contributed by atoms with Crippen molar-refractivity contribution >= 4 is 17.5 Å². The summed E-state index contributed by atoms with van der Waals surface area (Å²) in [6.07, 6.45) is 2.12. The lowest BCUT2D eigenvalue weighted by atomic mass is 10.3. The van der Waals surface area contributed by atoms with Crippen molar-refractivity contribution < 1.29 is 9.32 Å². The maximum absolute atomic E-state index is 12.1. The maximum Gasteiger partial charge on any atom is 0.274 e. The molecule has 0 aromatic carbocycles. The number of hydrogen-bond acceptors (Lipinski definition) is 6. The Morgan fingerprint density at radius 3 is 2.65 bits per heavy atom. The molecule has 0 spiro atoms. The van der Waals surface area contributed by atoms with E-state index in [-0.39, 0.29) is 5.91 Å². The van der Waals surface area contributed by atoms with E-state index >= 15 is 0 Å². The van der Waals surface area contributed by atoms with Gasteiger partial charge in [0.05, 0.1) is 0 Å². The van der Waals surface area contributed by atoms with Crippen molar-refractivity contribution in [3.05, 3.63) is 29.7 Å². The molecule has 7 heteroatoms. The van der Waals surface area contributed by atoms with E-state index in [9.17, 15) is 4.79 Å². The molecular weight excluding hydrogens is 258 g/mol. The van der Waals surface area contributed by atoms with Gasteiger partial charge in [0.1, 0.15) is 5.76 Å². The predicted octanol–water partition coefficient (Wildman–Crippen LogP) is 1.75. The highest BCUT2D eigenvalue weighted by atomic mass is 16.5. The van der Waals surface area contributed by atoms with Crippen molar-refractivity contribution in [3.63, 3.8) is 0 Å². The number of amides is 1. The van der Waals surface area contributed by atoms with E-state index in [2.05, 4.69) is 20.7 Å². The molecule has 7 nitrogen and oxygen atoms in total. The van der Waals surface area contributed by atoms with Crippen molar-refractivity contribution in [2.45, 2.75) is 19.8 Å². The van der Waals surface area contributed by atoms with Crippen molar-refractivity contribution in [1.82, 2.24) is 20.3 Å². The summed E-state index contributed by atoms with van der Waals surface area (Å²) in [5, 5.41) is 14.7. The third kappa shape index (κ3) is 2.61. The summed E-state index contributed by atoms with van der Waals surface area (Å²) < 4.78 is 4.94. The SMILES string of the molecule is Cc1cc(Nc2ccc(C(=O)N3CCCC3)nn2)no1. The summed E-state index contributed by atoms with van der Waals surface area (Å²) in [7, 11) is 0. The lowest BCUT2D eigenvalue weighted by molar-refractivity contribution is 0.0786. The molecule has 0 saturated carbocycles. The van der Waals surface area contributed by atoms with Crippen molar-refractivity contribution in [2.75, 3.05) is 18.4 Å². The van der Waals surface area contributed by atoms with Gasteiger partial charge in [-0.1, -0.05) is 5.16 Å². The molecular formula is C13H15N5O2. The minimum Gasteiger partial charge on any atom is -0.360 e. The molecule has 0 radical (unpaired) electrons. The van der Waals surface area contributed by atoms with Crippen LogP contribution in [0.15, 0.2) is 22.7 Å². The van der Waals surface area contributed by atoms with Crippen LogP contribution in [0.5, 0.6) is 0 Å². The Bertz CT molecular complexity index is 601. The summed E-state index contributed by atoms with van der Waals surface area (Å²) in [5.74, 6) is 1.74. The number of carbonyl (C=O) groups excluding carboxylic acids is 1. The first kappa shape index (κ1) is 12.6. The lowest BCUT2D eigenvalue weighted by Gasteiger charge is -2.13. The maximum atomic E-state index is 12.1. The molecule has 1 N–H and O–H groups in total. The van der Waals surface area contributed by atoms with Gasteiger partial charge in [0.25, 0.3) is 5.91 Å². The van der Waals surface area contributed by atoms with E-state index in [1.807, 2.05) is 6.92 Å². The van der Waals surface area contributed by atoms with E-state index in [1.165, 1.54) is 0 Å². The van der Waals surface area contributed by atoms with Gasteiger partial charge in [-0.3, -0.25) is 4.79 Å². The van der Waals surface area contributed by atoms with Crippen LogP contribution in [0, 0.1) is 6.92 Å². The Balaban J connectivity index is 1.69. The predicted molar refractivity (Wildman–Crippen MR) is 71.7 cm³/mol. The second-order valence-electron chi connectivity index (χ2n) is 4.75. The fraction of sp³-hybridized carbons (Fsp3) is 0.385. The summed E-state index contributed by atoms with van der Waals surface area (Å²) in [4.78, 5) is 13.9. The second kappa shape index (κ2) is 5.28. The molecule has 1 fully saturated rings. The van der Waals surface area contributed by atoms with Crippen LogP contribution < -0.4 is 5.32 Å². The number of hydrogen-bond donors (Lipinski definition) is 1. The monoisotopic (exact) mass is 273 g/mol. The molecule has 3 rings (SSSR count). The molecule has 2 aromatic rings. The molecule has 3 heterocycles. The molecule has 20 heavy (non-hydrogen) atoms. The number of aryl methyl sites for hydroxylation is 1. The second-order valence-corrected chi connectivity index (χ2v) is 4.75. The Kier molecular flexibility index (Phi) is 3.32. The normalized spacial score (nSPS) is 14.6. The standard InChI is InChI=1S/C13H15N5O2/c1-9-8-12(17-20-9)14-11-5-4-10(15-16-11)13(19)18-6-2-3-7-18/h4-5,8H,2-3,6-7H2,1H3,(H,14,16,17). The number of likely N-dealkylation sites (tertiary alicyclic amines) is 1. The topological polar surface area (TPSA) is 84.2 Å². The van der Waals surface area contributed by atoms with Crippen LogP contribution in [0.4, 0.5) is 11.6 Å². The average Bonchev–Trinajstić information content (AvgIpc) is 3.11. The molecule has 1 amide bonds. The molecule has 2 aromatic heterocycles. The van der Waals surface area contributed by atoms with Gasteiger partial charge >= 0.3 is 0 Å². The first-order chi connectivity index (χ1) is 9.72. The minimum absolute atomic E-state index is 0.0566. The van der Waals surface area contributed by atoms with Crippen LogP contribution in [-0.4, -0.2) is 39.3 Å². The van der Waals surface area contributed by atoms with Gasteiger partial charge in [-0.15, -0.1) is 10.2 Å². The highest BCUT2D eigenvalue weighted by Crippen LogP contribution is 2.15. The van der Waals surface area contributed by atoms with Crippen LogP contribution in [-0.2, 0) is 0 Å². The Hall–Kier alpha value is -2.44. The van der Waals surface area contributed by atoms with Crippen LogP contribution in [0.1, 0.15) is 29.1 Å².